The van der Waals surface area contributed by atoms with Crippen LogP contribution in [-0.4, -0.2) is 10.1 Å². The van der Waals surface area contributed by atoms with Gasteiger partial charge in [0.2, 0.25) is 0 Å². The number of para-hydroxylation sites is 1. The van der Waals surface area contributed by atoms with Gasteiger partial charge in [-0.15, -0.1) is 11.5 Å². The number of pyridine rings is 1. The number of benzene rings is 1. The van der Waals surface area contributed by atoms with Crippen molar-refractivity contribution in [2.45, 2.75) is 0 Å². The van der Waals surface area contributed by atoms with Crippen molar-refractivity contribution in [2.75, 3.05) is 0 Å². The standard InChI is InChI=1S/C9H6NO.Zn/c11-8-5-7-3-1-2-4-9(7)10-6-8;/h1-5,11H;/q-1;. The van der Waals surface area contributed by atoms with Crippen molar-refractivity contribution in [3.8, 4) is 5.75 Å². The molecule has 0 aliphatic carbocycles. The largest absolute Gasteiger partial charge is 0.532 e. The Morgan fingerprint density at radius 1 is 1.25 bits per heavy atom. The quantitative estimate of drug-likeness (QED) is 0.530. The molecule has 0 radical (unpaired) electrons. The van der Waals surface area contributed by atoms with Gasteiger partial charge in [0.25, 0.3) is 0 Å². The Morgan fingerprint density at radius 2 is 2.00 bits per heavy atom. The number of nitrogens with zero attached hydrogens (tertiary/aromatic N) is 1. The molecule has 0 fully saturated rings. The van der Waals surface area contributed by atoms with Crippen LogP contribution in [0.5, 0.6) is 5.75 Å². The van der Waals surface area contributed by atoms with E-state index in [1.807, 2.05) is 24.3 Å². The summed E-state index contributed by atoms with van der Waals surface area (Å²) in [5, 5.41) is 9.95. The average Bonchev–Trinajstić information content (AvgIpc) is 2.04. The van der Waals surface area contributed by atoms with Crippen molar-refractivity contribution in [3.63, 3.8) is 0 Å². The molecule has 1 heterocycles. The summed E-state index contributed by atoms with van der Waals surface area (Å²) in [4.78, 5) is 3.91. The van der Waals surface area contributed by atoms with Gasteiger partial charge in [0, 0.05) is 25.2 Å². The van der Waals surface area contributed by atoms with Crippen LogP contribution in [0.1, 0.15) is 0 Å². The molecule has 56 valence electrons. The molecule has 1 N–H and O–H groups in total. The normalized spacial score (nSPS) is 9.33. The zero-order valence-electron chi connectivity index (χ0n) is 6.49. The zero-order chi connectivity index (χ0) is 7.68. The predicted molar refractivity (Wildman–Crippen MR) is 42.2 cm³/mol. The molecule has 0 saturated heterocycles. The Balaban J connectivity index is 0.000000720. The van der Waals surface area contributed by atoms with Crippen LogP contribution in [0.25, 0.3) is 10.9 Å². The Hall–Kier alpha value is -0.947. The van der Waals surface area contributed by atoms with Crippen LogP contribution in [-0.2, 0) is 19.5 Å². The van der Waals surface area contributed by atoms with Crippen molar-refractivity contribution in [3.05, 3.63) is 36.5 Å². The molecule has 0 spiro atoms. The fourth-order valence-corrected chi connectivity index (χ4v) is 1.01. The third kappa shape index (κ3) is 1.62. The van der Waals surface area contributed by atoms with Gasteiger partial charge < -0.3 is 10.1 Å². The van der Waals surface area contributed by atoms with Gasteiger partial charge in [-0.25, -0.2) is 0 Å². The van der Waals surface area contributed by atoms with Gasteiger partial charge in [0.15, 0.2) is 0 Å². The van der Waals surface area contributed by atoms with E-state index in [1.165, 1.54) is 0 Å². The minimum atomic E-state index is 0. The van der Waals surface area contributed by atoms with E-state index >= 15 is 0 Å². The molecular formula is C9H6NOZn-. The van der Waals surface area contributed by atoms with Crippen LogP contribution in [0, 0.1) is 6.20 Å². The molecule has 2 aromatic rings. The summed E-state index contributed by atoms with van der Waals surface area (Å²) in [6.45, 7) is 0. The van der Waals surface area contributed by atoms with E-state index in [2.05, 4.69) is 11.2 Å². The maximum atomic E-state index is 9.01. The molecule has 1 aromatic heterocycles. The molecular weight excluding hydrogens is 203 g/mol. The van der Waals surface area contributed by atoms with Crippen molar-refractivity contribution >= 4 is 10.9 Å². The van der Waals surface area contributed by atoms with Gasteiger partial charge in [0.05, 0.1) is 0 Å². The fraction of sp³-hybridized carbons (Fsp3) is 0. The molecule has 0 unspecified atom stereocenters. The molecule has 0 saturated carbocycles. The topological polar surface area (TPSA) is 33.1 Å². The van der Waals surface area contributed by atoms with Crippen LogP contribution < -0.4 is 0 Å². The molecule has 0 atom stereocenters. The summed E-state index contributed by atoms with van der Waals surface area (Å²) in [6, 6.07) is 9.23. The Bertz CT molecular complexity index is 389. The van der Waals surface area contributed by atoms with Crippen molar-refractivity contribution in [1.82, 2.24) is 4.98 Å². The monoisotopic (exact) mass is 208 g/mol. The van der Waals surface area contributed by atoms with Crippen LogP contribution >= 0.6 is 0 Å². The minimum Gasteiger partial charge on any atom is -0.532 e. The third-order valence-electron chi connectivity index (χ3n) is 1.52. The first-order valence-electron chi connectivity index (χ1n) is 3.33. The number of hydrogen-bond acceptors (Lipinski definition) is 2. The van der Waals surface area contributed by atoms with Gasteiger partial charge in [0.1, 0.15) is 0 Å². The van der Waals surface area contributed by atoms with Gasteiger partial charge in [-0.1, -0.05) is 24.3 Å². The number of rotatable bonds is 0. The molecule has 12 heavy (non-hydrogen) atoms. The first kappa shape index (κ1) is 9.14. The van der Waals surface area contributed by atoms with E-state index < -0.39 is 0 Å². The van der Waals surface area contributed by atoms with Gasteiger partial charge >= 0.3 is 0 Å². The molecule has 0 aliphatic rings. The average molecular weight is 210 g/mol. The van der Waals surface area contributed by atoms with E-state index in [-0.39, 0.29) is 25.2 Å². The number of fused-ring (bicyclic) bond motifs is 1. The van der Waals surface area contributed by atoms with Crippen molar-refractivity contribution < 1.29 is 24.6 Å². The van der Waals surface area contributed by atoms with E-state index in [1.54, 1.807) is 6.07 Å². The molecule has 0 aliphatic heterocycles. The Kier molecular flexibility index (Phi) is 2.77. The van der Waals surface area contributed by atoms with Gasteiger partial charge in [-0.2, -0.15) is 0 Å². The maximum absolute atomic E-state index is 9.01. The van der Waals surface area contributed by atoms with E-state index in [0.717, 1.165) is 10.9 Å². The molecule has 0 amide bonds. The predicted octanol–water partition coefficient (Wildman–Crippen LogP) is 1.74. The molecule has 2 nitrogen and oxygen atoms in total. The second kappa shape index (κ2) is 3.64. The number of hydrogen-bond donors (Lipinski definition) is 1. The summed E-state index contributed by atoms with van der Waals surface area (Å²) in [5.41, 5.74) is 0.852. The summed E-state index contributed by atoms with van der Waals surface area (Å²) in [5.74, 6) is 0.0868. The number of aromatic nitrogens is 1. The minimum absolute atomic E-state index is 0. The maximum Gasteiger partial charge on any atom is 0.0234 e. The first-order chi connectivity index (χ1) is 5.36. The molecule has 0 bridgehead atoms. The molecule has 3 heteroatoms. The summed E-state index contributed by atoms with van der Waals surface area (Å²) >= 11 is 0. The first-order valence-corrected chi connectivity index (χ1v) is 3.33. The summed E-state index contributed by atoms with van der Waals surface area (Å²) in [7, 11) is 0. The van der Waals surface area contributed by atoms with Crippen LogP contribution in [0.4, 0.5) is 0 Å². The van der Waals surface area contributed by atoms with Crippen molar-refractivity contribution in [1.29, 1.82) is 0 Å². The van der Waals surface area contributed by atoms with Crippen LogP contribution in [0.2, 0.25) is 0 Å². The van der Waals surface area contributed by atoms with E-state index in [9.17, 15) is 0 Å². The molecule has 2 rings (SSSR count). The van der Waals surface area contributed by atoms with E-state index in [0.29, 0.717) is 0 Å². The SMILES string of the molecule is Oc1[c-]nc2ccccc2c1.[Zn]. The van der Waals surface area contributed by atoms with Gasteiger partial charge in [-0.3, -0.25) is 0 Å². The number of aromatic hydroxyl groups is 1. The third-order valence-corrected chi connectivity index (χ3v) is 1.52. The Morgan fingerprint density at radius 3 is 2.83 bits per heavy atom. The van der Waals surface area contributed by atoms with Crippen LogP contribution in [0.3, 0.4) is 0 Å². The summed E-state index contributed by atoms with van der Waals surface area (Å²) < 4.78 is 0. The second-order valence-corrected chi connectivity index (χ2v) is 2.31. The van der Waals surface area contributed by atoms with Crippen LogP contribution in [0.15, 0.2) is 30.3 Å². The van der Waals surface area contributed by atoms with Gasteiger partial charge in [-0.05, 0) is 11.7 Å². The second-order valence-electron chi connectivity index (χ2n) is 2.31. The smallest absolute Gasteiger partial charge is 0.0234 e. The summed E-state index contributed by atoms with van der Waals surface area (Å²) in [6.07, 6.45) is 2.48. The van der Waals surface area contributed by atoms with Crippen molar-refractivity contribution in [2.24, 2.45) is 0 Å². The zero-order valence-corrected chi connectivity index (χ0v) is 9.46. The fourth-order valence-electron chi connectivity index (χ4n) is 1.01. The Labute approximate surface area is 83.0 Å². The van der Waals surface area contributed by atoms with E-state index in [4.69, 9.17) is 5.11 Å². The molecule has 1 aromatic carbocycles.